The highest BCUT2D eigenvalue weighted by molar-refractivity contribution is 6.18. The molecule has 0 unspecified atom stereocenters. The minimum absolute atomic E-state index is 0.399. The van der Waals surface area contributed by atoms with Gasteiger partial charge in [0.15, 0.2) is 0 Å². The molecule has 0 saturated heterocycles. The van der Waals surface area contributed by atoms with Gasteiger partial charge in [0, 0.05) is 17.9 Å². The minimum Gasteiger partial charge on any atom is -0.381 e. The van der Waals surface area contributed by atoms with Gasteiger partial charge in [0.1, 0.15) is 0 Å². The number of rotatable bonds is 5. The van der Waals surface area contributed by atoms with Crippen LogP contribution in [0.25, 0.3) is 0 Å². The number of ether oxygens (including phenoxy) is 1. The smallest absolute Gasteiger partial charge is 0.0533 e. The van der Waals surface area contributed by atoms with Crippen molar-refractivity contribution in [3.8, 4) is 0 Å². The van der Waals surface area contributed by atoms with Crippen molar-refractivity contribution in [1.82, 2.24) is 0 Å². The molecule has 0 N–H and O–H groups in total. The Hall–Kier alpha value is 0.250. The Morgan fingerprint density at radius 3 is 2.55 bits per heavy atom. The first-order valence-electron chi connectivity index (χ1n) is 4.48. The van der Waals surface area contributed by atoms with E-state index in [1.165, 1.54) is 25.7 Å². The number of halogens is 1. The van der Waals surface area contributed by atoms with Crippen molar-refractivity contribution >= 4 is 11.6 Å². The topological polar surface area (TPSA) is 9.23 Å². The Kier molecular flexibility index (Phi) is 2.11. The Balaban J connectivity index is 1.58. The van der Waals surface area contributed by atoms with E-state index in [0.717, 1.165) is 25.0 Å². The molecule has 64 valence electrons. The van der Waals surface area contributed by atoms with Crippen LogP contribution in [0.3, 0.4) is 0 Å². The van der Waals surface area contributed by atoms with Crippen LogP contribution in [0.5, 0.6) is 0 Å². The molecule has 0 heterocycles. The van der Waals surface area contributed by atoms with Gasteiger partial charge in [-0.1, -0.05) is 0 Å². The second kappa shape index (κ2) is 2.95. The number of hydrogen-bond acceptors (Lipinski definition) is 1. The van der Waals surface area contributed by atoms with Gasteiger partial charge in [-0.3, -0.25) is 0 Å². The van der Waals surface area contributed by atoms with E-state index < -0.39 is 0 Å². The average molecular weight is 175 g/mol. The summed E-state index contributed by atoms with van der Waals surface area (Å²) in [6, 6.07) is 0. The lowest BCUT2D eigenvalue weighted by atomic mass is 10.2. The molecule has 2 aliphatic rings. The molecule has 0 radical (unpaired) electrons. The van der Waals surface area contributed by atoms with Crippen LogP contribution >= 0.6 is 11.6 Å². The van der Waals surface area contributed by atoms with E-state index in [4.69, 9.17) is 16.3 Å². The molecule has 1 nitrogen and oxygen atoms in total. The van der Waals surface area contributed by atoms with E-state index in [2.05, 4.69) is 0 Å². The molecule has 0 spiro atoms. The molecule has 0 aromatic rings. The zero-order chi connectivity index (χ0) is 7.73. The van der Waals surface area contributed by atoms with Crippen LogP contribution in [-0.4, -0.2) is 19.1 Å². The normalized spacial score (nSPS) is 27.0. The van der Waals surface area contributed by atoms with Gasteiger partial charge in [-0.2, -0.15) is 0 Å². The third-order valence-electron chi connectivity index (χ3n) is 2.70. The van der Waals surface area contributed by atoms with E-state index >= 15 is 0 Å². The summed E-state index contributed by atoms with van der Waals surface area (Å²) in [6.45, 7) is 1.89. The molecule has 0 amide bonds. The molecule has 0 atom stereocenters. The fourth-order valence-electron chi connectivity index (χ4n) is 1.22. The Bertz CT molecular complexity index is 138. The van der Waals surface area contributed by atoms with Crippen molar-refractivity contribution in [2.45, 2.75) is 25.7 Å². The van der Waals surface area contributed by atoms with E-state index in [-0.39, 0.29) is 0 Å². The molecule has 0 aromatic heterocycles. The van der Waals surface area contributed by atoms with Crippen molar-refractivity contribution in [3.63, 3.8) is 0 Å². The first-order valence-corrected chi connectivity index (χ1v) is 5.02. The molecule has 2 rings (SSSR count). The Morgan fingerprint density at radius 1 is 1.36 bits per heavy atom. The van der Waals surface area contributed by atoms with Gasteiger partial charge < -0.3 is 4.74 Å². The van der Waals surface area contributed by atoms with Crippen molar-refractivity contribution in [1.29, 1.82) is 0 Å². The summed E-state index contributed by atoms with van der Waals surface area (Å²) in [6.07, 6.45) is 5.32. The summed E-state index contributed by atoms with van der Waals surface area (Å²) in [7, 11) is 0. The van der Waals surface area contributed by atoms with Crippen LogP contribution in [0, 0.1) is 11.3 Å². The van der Waals surface area contributed by atoms with Gasteiger partial charge in [0.25, 0.3) is 0 Å². The summed E-state index contributed by atoms with van der Waals surface area (Å²) in [5.74, 6) is 1.68. The fourth-order valence-corrected chi connectivity index (χ4v) is 1.56. The zero-order valence-electron chi connectivity index (χ0n) is 6.81. The molecule has 0 aliphatic heterocycles. The zero-order valence-corrected chi connectivity index (χ0v) is 7.57. The standard InChI is InChI=1S/C9H15ClO/c10-6-9(3-4-9)7-11-5-8-1-2-8/h8H,1-7H2. The highest BCUT2D eigenvalue weighted by Gasteiger charge is 2.42. The molecule has 11 heavy (non-hydrogen) atoms. The van der Waals surface area contributed by atoms with Crippen molar-refractivity contribution < 1.29 is 4.74 Å². The second-order valence-electron chi connectivity index (χ2n) is 4.09. The Labute approximate surface area is 73.1 Å². The molecule has 2 saturated carbocycles. The van der Waals surface area contributed by atoms with Gasteiger partial charge in [0.2, 0.25) is 0 Å². The molecular weight excluding hydrogens is 160 g/mol. The summed E-state index contributed by atoms with van der Waals surface area (Å²) < 4.78 is 5.59. The summed E-state index contributed by atoms with van der Waals surface area (Å²) in [5, 5.41) is 0. The van der Waals surface area contributed by atoms with Crippen molar-refractivity contribution in [3.05, 3.63) is 0 Å². The fraction of sp³-hybridized carbons (Fsp3) is 1.00. The quantitative estimate of drug-likeness (QED) is 0.582. The van der Waals surface area contributed by atoms with Gasteiger partial charge in [-0.15, -0.1) is 11.6 Å². The highest BCUT2D eigenvalue weighted by atomic mass is 35.5. The lowest BCUT2D eigenvalue weighted by Crippen LogP contribution is -2.13. The van der Waals surface area contributed by atoms with Crippen LogP contribution in [0.4, 0.5) is 0 Å². The summed E-state index contributed by atoms with van der Waals surface area (Å²) in [4.78, 5) is 0. The van der Waals surface area contributed by atoms with Crippen LogP contribution in [0.2, 0.25) is 0 Å². The predicted molar refractivity (Wildman–Crippen MR) is 45.9 cm³/mol. The van der Waals surface area contributed by atoms with Gasteiger partial charge in [-0.25, -0.2) is 0 Å². The van der Waals surface area contributed by atoms with Crippen LogP contribution < -0.4 is 0 Å². The van der Waals surface area contributed by atoms with Crippen LogP contribution in [-0.2, 0) is 4.74 Å². The average Bonchev–Trinajstić information content (AvgIpc) is 2.80. The van der Waals surface area contributed by atoms with Gasteiger partial charge >= 0.3 is 0 Å². The third-order valence-corrected chi connectivity index (χ3v) is 3.27. The first kappa shape index (κ1) is 7.88. The van der Waals surface area contributed by atoms with E-state index in [1.807, 2.05) is 0 Å². The molecule has 2 heteroatoms. The molecule has 0 bridgehead atoms. The molecule has 2 aliphatic carbocycles. The summed E-state index contributed by atoms with van der Waals surface area (Å²) in [5.41, 5.74) is 0.399. The monoisotopic (exact) mass is 174 g/mol. The SMILES string of the molecule is ClCC1(COCC2CC2)CC1. The Morgan fingerprint density at radius 2 is 2.09 bits per heavy atom. The predicted octanol–water partition coefficient (Wildman–Crippen LogP) is 2.43. The van der Waals surface area contributed by atoms with Gasteiger partial charge in [0.05, 0.1) is 6.61 Å². The lowest BCUT2D eigenvalue weighted by molar-refractivity contribution is 0.0896. The minimum atomic E-state index is 0.399. The highest BCUT2D eigenvalue weighted by Crippen LogP contribution is 2.47. The lowest BCUT2D eigenvalue weighted by Gasteiger charge is -2.10. The summed E-state index contributed by atoms with van der Waals surface area (Å²) >= 11 is 5.81. The third kappa shape index (κ3) is 2.09. The second-order valence-corrected chi connectivity index (χ2v) is 4.36. The van der Waals surface area contributed by atoms with E-state index in [0.29, 0.717) is 5.41 Å². The van der Waals surface area contributed by atoms with Crippen molar-refractivity contribution in [2.24, 2.45) is 11.3 Å². The first-order chi connectivity index (χ1) is 5.35. The van der Waals surface area contributed by atoms with E-state index in [9.17, 15) is 0 Å². The molecular formula is C9H15ClO. The van der Waals surface area contributed by atoms with E-state index in [1.54, 1.807) is 0 Å². The molecule has 0 aromatic carbocycles. The number of hydrogen-bond donors (Lipinski definition) is 0. The van der Waals surface area contributed by atoms with Gasteiger partial charge in [-0.05, 0) is 31.6 Å². The van der Waals surface area contributed by atoms with Crippen LogP contribution in [0.1, 0.15) is 25.7 Å². The maximum absolute atomic E-state index is 5.81. The maximum atomic E-state index is 5.81. The molecule has 2 fully saturated rings. The van der Waals surface area contributed by atoms with Crippen LogP contribution in [0.15, 0.2) is 0 Å². The number of alkyl halides is 1. The maximum Gasteiger partial charge on any atom is 0.0533 e. The van der Waals surface area contributed by atoms with Crippen molar-refractivity contribution in [2.75, 3.05) is 19.1 Å². The largest absolute Gasteiger partial charge is 0.381 e.